The molecule has 0 amide bonds. The topological polar surface area (TPSA) is 66.4 Å². The average molecular weight is 240 g/mol. The van der Waals surface area contributed by atoms with Gasteiger partial charge in [-0.25, -0.2) is 4.57 Å². The molecule has 0 aliphatic rings. The molecule has 0 radical (unpaired) electrons. The van der Waals surface area contributed by atoms with Crippen molar-refractivity contribution in [2.45, 2.75) is 0 Å². The second kappa shape index (κ2) is 7.42. The van der Waals surface area contributed by atoms with E-state index >= 15 is 0 Å². The van der Waals surface area contributed by atoms with Crippen LogP contribution in [-0.2, 0) is 9.09 Å². The zero-order chi connectivity index (χ0) is 4.99. The Labute approximate surface area is 100 Å². The maximum atomic E-state index is 9.07. The van der Waals surface area contributed by atoms with Crippen molar-refractivity contribution >= 4 is 14.8 Å². The van der Waals surface area contributed by atoms with Gasteiger partial charge in [-0.3, -0.25) is 0 Å². The Kier molecular flexibility index (Phi) is 11.9. The number of hydrogen-bond acceptors (Lipinski definition) is 4. The molecule has 6 heteroatoms. The van der Waals surface area contributed by atoms with Gasteiger partial charge < -0.3 is 14.4 Å². The fourth-order valence-corrected chi connectivity index (χ4v) is 0.0913. The van der Waals surface area contributed by atoms with Crippen LogP contribution in [0.1, 0.15) is 0 Å². The summed E-state index contributed by atoms with van der Waals surface area (Å²) in [6.07, 6.45) is -1.79. The Balaban J connectivity index is 0. The molecule has 0 atom stereocenters. The van der Waals surface area contributed by atoms with Crippen molar-refractivity contribution in [1.29, 1.82) is 0 Å². The molecule has 0 saturated heterocycles. The standard InChI is InChI=1S/CHO4P.Cs/c2-1(3)5-6-4;/h(H,2,3);/q;+1/p-1. The maximum absolute atomic E-state index is 9.07. The van der Waals surface area contributed by atoms with Crippen LogP contribution in [0.4, 0.5) is 4.79 Å². The van der Waals surface area contributed by atoms with Gasteiger partial charge in [0.1, 0.15) is 0 Å². The first kappa shape index (κ1) is 11.2. The first-order valence-corrected chi connectivity index (χ1v) is 1.71. The minimum Gasteiger partial charge on any atom is -0.461 e. The number of carbonyl (C=O) groups excluding carboxylic acids is 1. The van der Waals surface area contributed by atoms with E-state index in [1.165, 1.54) is 0 Å². The summed E-state index contributed by atoms with van der Waals surface area (Å²) in [4.78, 5) is 9.06. The molecule has 0 rings (SSSR count). The Morgan fingerprint density at radius 2 is 2.14 bits per heavy atom. The molecule has 0 unspecified atom stereocenters. The van der Waals surface area contributed by atoms with Crippen molar-refractivity contribution in [2.24, 2.45) is 0 Å². The van der Waals surface area contributed by atoms with E-state index in [-0.39, 0.29) is 68.9 Å². The molecule has 0 saturated carbocycles. The first-order chi connectivity index (χ1) is 2.77. The summed E-state index contributed by atoms with van der Waals surface area (Å²) in [6, 6.07) is 0. The van der Waals surface area contributed by atoms with Crippen LogP contribution in [0.5, 0.6) is 0 Å². The maximum Gasteiger partial charge on any atom is 1.00 e. The largest absolute Gasteiger partial charge is 1.00 e. The van der Waals surface area contributed by atoms with Gasteiger partial charge in [0.05, 0.1) is 0 Å². The SMILES string of the molecule is O=POC(=O)[O-].[Cs+]. The van der Waals surface area contributed by atoms with Gasteiger partial charge >= 0.3 is 68.9 Å². The summed E-state index contributed by atoms with van der Waals surface area (Å²) < 4.78 is 12.3. The number of rotatable bonds is 1. The third-order valence-electron chi connectivity index (χ3n) is 0.112. The molecule has 0 spiro atoms. The zero-order valence-corrected chi connectivity index (χ0v) is 10.8. The minimum absolute atomic E-state index is 0. The molecule has 0 N–H and O–H groups in total. The predicted octanol–water partition coefficient (Wildman–Crippen LogP) is -3.44. The van der Waals surface area contributed by atoms with Gasteiger partial charge in [0, 0.05) is 0 Å². The Bertz CT molecular complexity index is 72.1. The molecule has 0 aromatic carbocycles. The molecular weight excluding hydrogens is 240 g/mol. The van der Waals surface area contributed by atoms with Crippen LogP contribution in [0, 0.1) is 0 Å². The molecule has 0 bridgehead atoms. The fourth-order valence-electron chi connectivity index (χ4n) is 0.0304. The third kappa shape index (κ3) is 11.2. The van der Waals surface area contributed by atoms with E-state index in [4.69, 9.17) is 14.5 Å². The van der Waals surface area contributed by atoms with E-state index in [1.54, 1.807) is 0 Å². The smallest absolute Gasteiger partial charge is 0.461 e. The number of carboxylic acid groups (broad SMARTS) is 1. The molecule has 4 nitrogen and oxygen atoms in total. The van der Waals surface area contributed by atoms with E-state index in [0.717, 1.165) is 0 Å². The molecule has 0 fully saturated rings. The van der Waals surface area contributed by atoms with Crippen molar-refractivity contribution < 1.29 is 87.9 Å². The molecule has 0 aromatic heterocycles. The molecule has 0 heterocycles. The van der Waals surface area contributed by atoms with Gasteiger partial charge in [-0.2, -0.15) is 0 Å². The molecule has 7 heavy (non-hydrogen) atoms. The van der Waals surface area contributed by atoms with Crippen molar-refractivity contribution in [1.82, 2.24) is 0 Å². The molecule has 0 aliphatic heterocycles. The van der Waals surface area contributed by atoms with Crippen LogP contribution in [-0.4, -0.2) is 6.16 Å². The van der Waals surface area contributed by atoms with Gasteiger partial charge in [-0.05, 0) is 0 Å². The monoisotopic (exact) mass is 240 g/mol. The van der Waals surface area contributed by atoms with Gasteiger partial charge in [-0.1, -0.05) is 0 Å². The second-order valence-electron chi connectivity index (χ2n) is 0.416. The molecule has 0 aromatic rings. The summed E-state index contributed by atoms with van der Waals surface area (Å²) in [5, 5.41) is 9.06. The number of carbonyl (C=O) groups is 1. The van der Waals surface area contributed by atoms with Crippen LogP contribution in [0.2, 0.25) is 0 Å². The Morgan fingerprint density at radius 1 is 1.71 bits per heavy atom. The van der Waals surface area contributed by atoms with Crippen molar-refractivity contribution in [3.63, 3.8) is 0 Å². The average Bonchev–Trinajstić information content (AvgIpc) is 1.35. The van der Waals surface area contributed by atoms with Gasteiger partial charge in [0.15, 0.2) is 0 Å². The van der Waals surface area contributed by atoms with Gasteiger partial charge in [0.25, 0.3) is 14.8 Å². The Morgan fingerprint density at radius 3 is 2.14 bits per heavy atom. The van der Waals surface area contributed by atoms with E-state index in [0.29, 0.717) is 0 Å². The third-order valence-corrected chi connectivity index (χ3v) is 0.335. The predicted molar refractivity (Wildman–Crippen MR) is 14.1 cm³/mol. The summed E-state index contributed by atoms with van der Waals surface area (Å²) in [7, 11) is -0.888. The van der Waals surface area contributed by atoms with Crippen molar-refractivity contribution in [3.05, 3.63) is 0 Å². The van der Waals surface area contributed by atoms with Crippen LogP contribution >= 0.6 is 8.69 Å². The van der Waals surface area contributed by atoms with Crippen LogP contribution in [0.25, 0.3) is 0 Å². The van der Waals surface area contributed by atoms with E-state index in [9.17, 15) is 0 Å². The van der Waals surface area contributed by atoms with E-state index in [2.05, 4.69) is 4.52 Å². The van der Waals surface area contributed by atoms with Crippen molar-refractivity contribution in [2.75, 3.05) is 0 Å². The summed E-state index contributed by atoms with van der Waals surface area (Å²) in [6.45, 7) is 0. The van der Waals surface area contributed by atoms with E-state index in [1.807, 2.05) is 0 Å². The van der Waals surface area contributed by atoms with Gasteiger partial charge in [0.2, 0.25) is 0 Å². The first-order valence-electron chi connectivity index (χ1n) is 0.978. The molecular formula is CCsO4P. The van der Waals surface area contributed by atoms with Crippen LogP contribution < -0.4 is 74.0 Å². The molecule has 0 aliphatic carbocycles. The van der Waals surface area contributed by atoms with Crippen LogP contribution in [0.15, 0.2) is 0 Å². The zero-order valence-electron chi connectivity index (χ0n) is 3.58. The summed E-state index contributed by atoms with van der Waals surface area (Å²) in [5.41, 5.74) is 0. The molecule has 34 valence electrons. The minimum atomic E-state index is -1.79. The number of hydrogen-bond donors (Lipinski definition) is 0. The van der Waals surface area contributed by atoms with Gasteiger partial charge in [-0.15, -0.1) is 0 Å². The fraction of sp³-hybridized carbons (Fsp3) is 0. The van der Waals surface area contributed by atoms with Crippen LogP contribution in [0.3, 0.4) is 0 Å². The van der Waals surface area contributed by atoms with Crippen molar-refractivity contribution in [3.8, 4) is 0 Å². The Hall–Kier alpha value is 1.42. The second-order valence-corrected chi connectivity index (χ2v) is 0.747. The van der Waals surface area contributed by atoms with E-state index < -0.39 is 14.8 Å². The normalized spacial score (nSPS) is 6.86. The summed E-state index contributed by atoms with van der Waals surface area (Å²) in [5.74, 6) is 0. The summed E-state index contributed by atoms with van der Waals surface area (Å²) >= 11 is 0. The quantitative estimate of drug-likeness (QED) is 0.447.